The van der Waals surface area contributed by atoms with Gasteiger partial charge < -0.3 is 4.74 Å². The van der Waals surface area contributed by atoms with Gasteiger partial charge in [-0.15, -0.1) is 0 Å². The molecule has 1 aromatic heterocycles. The van der Waals surface area contributed by atoms with Crippen LogP contribution in [0.2, 0.25) is 0 Å². The van der Waals surface area contributed by atoms with Gasteiger partial charge in [-0.1, -0.05) is 23.5 Å². The Bertz CT molecular complexity index is 976. The van der Waals surface area contributed by atoms with Gasteiger partial charge in [0.15, 0.2) is 10.9 Å². The lowest BCUT2D eigenvalue weighted by atomic mass is 10.1. The van der Waals surface area contributed by atoms with Gasteiger partial charge in [-0.3, -0.25) is 14.9 Å². The Morgan fingerprint density at radius 2 is 1.64 bits per heavy atom. The molecule has 3 rings (SSSR count). The highest BCUT2D eigenvalue weighted by Gasteiger charge is 2.12. The minimum atomic E-state index is -0.425. The molecular weight excluding hydrogens is 340 g/mol. The van der Waals surface area contributed by atoms with Gasteiger partial charge in [0.25, 0.3) is 5.91 Å². The Labute approximate surface area is 147 Å². The number of hydrogen-bond donors (Lipinski definition) is 1. The van der Waals surface area contributed by atoms with E-state index in [0.717, 1.165) is 4.70 Å². The molecule has 3 aromatic rings. The molecule has 1 heterocycles. The molecule has 0 unspecified atom stereocenters. The van der Waals surface area contributed by atoms with Gasteiger partial charge in [-0.05, 0) is 37.3 Å². The van der Waals surface area contributed by atoms with E-state index in [1.165, 1.54) is 25.4 Å². The fourth-order valence-corrected chi connectivity index (χ4v) is 3.15. The number of carbonyl (C=O) groups excluding carboxylic acids is 3. The smallest absolute Gasteiger partial charge is 0.337 e. The largest absolute Gasteiger partial charge is 0.465 e. The molecule has 126 valence electrons. The Morgan fingerprint density at radius 1 is 1.00 bits per heavy atom. The molecule has 0 spiro atoms. The lowest BCUT2D eigenvalue weighted by molar-refractivity contribution is 0.0600. The van der Waals surface area contributed by atoms with E-state index >= 15 is 0 Å². The van der Waals surface area contributed by atoms with Crippen molar-refractivity contribution in [2.24, 2.45) is 0 Å². The number of ketones is 1. The number of nitrogens with zero attached hydrogens (tertiary/aromatic N) is 1. The number of fused-ring (bicyclic) bond motifs is 1. The van der Waals surface area contributed by atoms with E-state index in [4.69, 9.17) is 4.74 Å². The van der Waals surface area contributed by atoms with Crippen LogP contribution in [0.1, 0.15) is 38.0 Å². The van der Waals surface area contributed by atoms with E-state index in [1.807, 2.05) is 0 Å². The minimum absolute atomic E-state index is 0.0560. The Kier molecular flexibility index (Phi) is 4.58. The number of rotatable bonds is 4. The van der Waals surface area contributed by atoms with Crippen molar-refractivity contribution in [3.05, 3.63) is 59.2 Å². The Morgan fingerprint density at radius 3 is 2.28 bits per heavy atom. The zero-order valence-corrected chi connectivity index (χ0v) is 14.3. The van der Waals surface area contributed by atoms with Crippen molar-refractivity contribution in [3.63, 3.8) is 0 Å². The number of aromatic nitrogens is 1. The quantitative estimate of drug-likeness (QED) is 0.572. The first-order valence-electron chi connectivity index (χ1n) is 7.39. The molecule has 0 fully saturated rings. The van der Waals surface area contributed by atoms with Crippen LogP contribution in [0.4, 0.5) is 5.13 Å². The topological polar surface area (TPSA) is 85.4 Å². The summed E-state index contributed by atoms with van der Waals surface area (Å²) in [5.41, 5.74) is 2.09. The number of anilines is 1. The minimum Gasteiger partial charge on any atom is -0.465 e. The van der Waals surface area contributed by atoms with Crippen LogP contribution in [0.5, 0.6) is 0 Å². The molecule has 0 radical (unpaired) electrons. The number of ether oxygens (including phenoxy) is 1. The van der Waals surface area contributed by atoms with Gasteiger partial charge in [0.2, 0.25) is 0 Å². The van der Waals surface area contributed by atoms with Crippen LogP contribution in [-0.2, 0) is 4.74 Å². The van der Waals surface area contributed by atoms with Crippen LogP contribution in [0, 0.1) is 0 Å². The number of carbonyl (C=O) groups is 3. The molecule has 25 heavy (non-hydrogen) atoms. The van der Waals surface area contributed by atoms with E-state index < -0.39 is 5.97 Å². The van der Waals surface area contributed by atoms with Crippen molar-refractivity contribution in [1.29, 1.82) is 0 Å². The SMILES string of the molecule is COC(=O)c1ccc2nc(NC(=O)c3ccc(C(C)=O)cc3)sc2c1. The molecule has 0 bridgehead atoms. The van der Waals surface area contributed by atoms with Crippen LogP contribution in [0.3, 0.4) is 0 Å². The molecule has 0 saturated heterocycles. The van der Waals surface area contributed by atoms with E-state index in [1.54, 1.807) is 42.5 Å². The first kappa shape index (κ1) is 16.8. The summed E-state index contributed by atoms with van der Waals surface area (Å²) in [5.74, 6) is -0.798. The first-order chi connectivity index (χ1) is 12.0. The van der Waals surface area contributed by atoms with Gasteiger partial charge in [0.05, 0.1) is 22.9 Å². The molecule has 0 aliphatic rings. The number of nitrogens with one attached hydrogen (secondary N) is 1. The second-order valence-corrected chi connectivity index (χ2v) is 6.31. The van der Waals surface area contributed by atoms with Gasteiger partial charge in [0, 0.05) is 11.1 Å². The van der Waals surface area contributed by atoms with Crippen LogP contribution in [0.25, 0.3) is 10.2 Å². The highest BCUT2D eigenvalue weighted by Crippen LogP contribution is 2.27. The normalized spacial score (nSPS) is 10.5. The zero-order chi connectivity index (χ0) is 18.0. The molecule has 0 atom stereocenters. The van der Waals surface area contributed by atoms with Crippen molar-refractivity contribution in [1.82, 2.24) is 4.98 Å². The van der Waals surface area contributed by atoms with Crippen LogP contribution in [0.15, 0.2) is 42.5 Å². The van der Waals surface area contributed by atoms with E-state index in [2.05, 4.69) is 10.3 Å². The van der Waals surface area contributed by atoms with Crippen LogP contribution < -0.4 is 5.32 Å². The van der Waals surface area contributed by atoms with E-state index in [-0.39, 0.29) is 11.7 Å². The molecule has 0 aliphatic carbocycles. The van der Waals surface area contributed by atoms with Crippen molar-refractivity contribution >= 4 is 44.3 Å². The predicted octanol–water partition coefficient (Wildman–Crippen LogP) is 3.54. The number of esters is 1. The lowest BCUT2D eigenvalue weighted by Crippen LogP contribution is -2.11. The number of benzene rings is 2. The monoisotopic (exact) mass is 354 g/mol. The molecular formula is C18H14N2O4S. The van der Waals surface area contributed by atoms with Crippen molar-refractivity contribution in [3.8, 4) is 0 Å². The van der Waals surface area contributed by atoms with Crippen molar-refractivity contribution in [2.75, 3.05) is 12.4 Å². The van der Waals surface area contributed by atoms with Gasteiger partial charge >= 0.3 is 5.97 Å². The molecule has 7 heteroatoms. The Hall–Kier alpha value is -3.06. The Balaban J connectivity index is 1.81. The number of hydrogen-bond acceptors (Lipinski definition) is 6. The van der Waals surface area contributed by atoms with Gasteiger partial charge in [-0.2, -0.15) is 0 Å². The fourth-order valence-electron chi connectivity index (χ4n) is 2.25. The molecule has 0 saturated carbocycles. The third-order valence-electron chi connectivity index (χ3n) is 3.58. The molecule has 0 aliphatic heterocycles. The fraction of sp³-hybridized carbons (Fsp3) is 0.111. The number of amides is 1. The predicted molar refractivity (Wildman–Crippen MR) is 95.4 cm³/mol. The summed E-state index contributed by atoms with van der Waals surface area (Å²) in [6, 6.07) is 11.4. The third kappa shape index (κ3) is 3.56. The zero-order valence-electron chi connectivity index (χ0n) is 13.5. The highest BCUT2D eigenvalue weighted by molar-refractivity contribution is 7.22. The van der Waals surface area contributed by atoms with Gasteiger partial charge in [0.1, 0.15) is 0 Å². The summed E-state index contributed by atoms with van der Waals surface area (Å²) in [6.45, 7) is 1.47. The van der Waals surface area contributed by atoms with Crippen molar-refractivity contribution < 1.29 is 19.1 Å². The molecule has 2 aromatic carbocycles. The maximum atomic E-state index is 12.3. The maximum absolute atomic E-state index is 12.3. The summed E-state index contributed by atoms with van der Waals surface area (Å²) in [5, 5.41) is 3.15. The summed E-state index contributed by atoms with van der Waals surface area (Å²) >= 11 is 1.27. The second-order valence-electron chi connectivity index (χ2n) is 5.28. The standard InChI is InChI=1S/C18H14N2O4S/c1-10(21)11-3-5-12(6-4-11)16(22)20-18-19-14-8-7-13(17(23)24-2)9-15(14)25-18/h3-9H,1-2H3,(H,19,20,22). The second kappa shape index (κ2) is 6.82. The maximum Gasteiger partial charge on any atom is 0.337 e. The summed E-state index contributed by atoms with van der Waals surface area (Å²) < 4.78 is 5.46. The van der Waals surface area contributed by atoms with Crippen LogP contribution in [-0.4, -0.2) is 29.8 Å². The number of Topliss-reactive ketones (excluding diaryl/α,β-unsaturated/α-hetero) is 1. The van der Waals surface area contributed by atoms with Crippen LogP contribution >= 0.6 is 11.3 Å². The third-order valence-corrected chi connectivity index (χ3v) is 4.52. The number of thiazole rings is 1. The van der Waals surface area contributed by atoms with Crippen molar-refractivity contribution in [2.45, 2.75) is 6.92 Å². The van der Waals surface area contributed by atoms with E-state index in [0.29, 0.717) is 27.3 Å². The molecule has 1 N–H and O–H groups in total. The summed E-state index contributed by atoms with van der Waals surface area (Å²) in [7, 11) is 1.32. The first-order valence-corrected chi connectivity index (χ1v) is 8.21. The van der Waals surface area contributed by atoms with Gasteiger partial charge in [-0.25, -0.2) is 9.78 Å². The lowest BCUT2D eigenvalue weighted by Gasteiger charge is -2.02. The molecule has 6 nitrogen and oxygen atoms in total. The highest BCUT2D eigenvalue weighted by atomic mass is 32.1. The summed E-state index contributed by atoms with van der Waals surface area (Å²) in [6.07, 6.45) is 0. The summed E-state index contributed by atoms with van der Waals surface area (Å²) in [4.78, 5) is 39.5. The average molecular weight is 354 g/mol. The number of methoxy groups -OCH3 is 1. The molecule has 1 amide bonds. The average Bonchev–Trinajstić information content (AvgIpc) is 3.02. The van der Waals surface area contributed by atoms with E-state index in [9.17, 15) is 14.4 Å².